The predicted molar refractivity (Wildman–Crippen MR) is 108 cm³/mol. The molecule has 4 rings (SSSR count). The zero-order valence-electron chi connectivity index (χ0n) is 15.1. The third-order valence-corrected chi connectivity index (χ3v) is 5.17. The lowest BCUT2D eigenvalue weighted by atomic mass is 10.2. The number of amides is 1. The standard InChI is InChI=1S/C17H15ClN8O2S/c1-10-12(4-5-28-10)16-23-24-17(26(16)19)29-7-15(27)22-13-6-11(18)2-3-14(13)25-9-20-8-21-25/h2-6,8-9H,7,19H2,1H3,(H,22,27). The molecular formula is C17H15ClN8O2S. The first-order chi connectivity index (χ1) is 14.0. The molecule has 0 saturated carbocycles. The molecule has 4 aromatic rings. The summed E-state index contributed by atoms with van der Waals surface area (Å²) in [6.07, 6.45) is 4.49. The molecule has 12 heteroatoms. The zero-order chi connectivity index (χ0) is 20.4. The summed E-state index contributed by atoms with van der Waals surface area (Å²) in [5.41, 5.74) is 1.90. The van der Waals surface area contributed by atoms with Crippen molar-refractivity contribution in [2.45, 2.75) is 12.1 Å². The van der Waals surface area contributed by atoms with Crippen LogP contribution in [-0.4, -0.2) is 41.3 Å². The number of halogens is 1. The Labute approximate surface area is 174 Å². The molecule has 0 aliphatic carbocycles. The van der Waals surface area contributed by atoms with Crippen LogP contribution in [0.15, 0.2) is 52.8 Å². The van der Waals surface area contributed by atoms with Crippen LogP contribution in [-0.2, 0) is 4.79 Å². The molecule has 3 N–H and O–H groups in total. The van der Waals surface area contributed by atoms with Crippen LogP contribution < -0.4 is 11.2 Å². The topological polar surface area (TPSA) is 130 Å². The Morgan fingerprint density at radius 3 is 2.93 bits per heavy atom. The van der Waals surface area contributed by atoms with E-state index in [-0.39, 0.29) is 11.7 Å². The van der Waals surface area contributed by atoms with E-state index in [9.17, 15) is 4.79 Å². The Morgan fingerprint density at radius 2 is 2.21 bits per heavy atom. The number of rotatable bonds is 6. The van der Waals surface area contributed by atoms with Gasteiger partial charge in [-0.25, -0.2) is 14.3 Å². The number of aryl methyl sites for hydroxylation is 1. The van der Waals surface area contributed by atoms with Gasteiger partial charge < -0.3 is 15.6 Å². The van der Waals surface area contributed by atoms with Gasteiger partial charge in [0.2, 0.25) is 11.1 Å². The van der Waals surface area contributed by atoms with Gasteiger partial charge in [0.1, 0.15) is 18.4 Å². The van der Waals surface area contributed by atoms with Crippen molar-refractivity contribution in [3.63, 3.8) is 0 Å². The number of carbonyl (C=O) groups is 1. The summed E-state index contributed by atoms with van der Waals surface area (Å²) in [6, 6.07) is 6.86. The Morgan fingerprint density at radius 1 is 1.34 bits per heavy atom. The van der Waals surface area contributed by atoms with Crippen LogP contribution in [0.2, 0.25) is 5.02 Å². The highest BCUT2D eigenvalue weighted by Gasteiger charge is 2.17. The highest BCUT2D eigenvalue weighted by molar-refractivity contribution is 7.99. The van der Waals surface area contributed by atoms with E-state index in [0.717, 1.165) is 17.3 Å². The van der Waals surface area contributed by atoms with E-state index in [2.05, 4.69) is 25.6 Å². The fourth-order valence-electron chi connectivity index (χ4n) is 2.63. The molecule has 0 bridgehead atoms. The van der Waals surface area contributed by atoms with Gasteiger partial charge >= 0.3 is 0 Å². The van der Waals surface area contributed by atoms with Gasteiger partial charge in [-0.2, -0.15) is 5.10 Å². The van der Waals surface area contributed by atoms with E-state index >= 15 is 0 Å². The van der Waals surface area contributed by atoms with Crippen LogP contribution in [0, 0.1) is 6.92 Å². The minimum Gasteiger partial charge on any atom is -0.469 e. The molecule has 3 aromatic heterocycles. The second-order valence-electron chi connectivity index (χ2n) is 5.91. The second-order valence-corrected chi connectivity index (χ2v) is 7.28. The third-order valence-electron chi connectivity index (χ3n) is 3.99. The molecule has 0 unspecified atom stereocenters. The maximum atomic E-state index is 12.5. The van der Waals surface area contributed by atoms with Crippen molar-refractivity contribution in [3.05, 3.63) is 54.0 Å². The fourth-order valence-corrected chi connectivity index (χ4v) is 3.46. The van der Waals surface area contributed by atoms with Crippen LogP contribution in [0.4, 0.5) is 5.69 Å². The van der Waals surface area contributed by atoms with Gasteiger partial charge in [0, 0.05) is 5.02 Å². The van der Waals surface area contributed by atoms with Crippen molar-refractivity contribution < 1.29 is 9.21 Å². The molecule has 0 fully saturated rings. The summed E-state index contributed by atoms with van der Waals surface area (Å²) in [5, 5.41) is 15.9. The minimum absolute atomic E-state index is 0.0724. The Hall–Kier alpha value is -3.31. The molecular weight excluding hydrogens is 416 g/mol. The van der Waals surface area contributed by atoms with E-state index in [1.165, 1.54) is 22.0 Å². The lowest BCUT2D eigenvalue weighted by Crippen LogP contribution is -2.17. The number of anilines is 1. The van der Waals surface area contributed by atoms with Crippen LogP contribution in [0.3, 0.4) is 0 Å². The third kappa shape index (κ3) is 3.96. The molecule has 0 spiro atoms. The number of hydrogen-bond acceptors (Lipinski definition) is 8. The largest absolute Gasteiger partial charge is 0.469 e. The maximum absolute atomic E-state index is 12.5. The van der Waals surface area contributed by atoms with Crippen LogP contribution >= 0.6 is 23.4 Å². The molecule has 10 nitrogen and oxygen atoms in total. The summed E-state index contributed by atoms with van der Waals surface area (Å²) in [4.78, 5) is 16.4. The van der Waals surface area contributed by atoms with Crippen molar-refractivity contribution in [2.75, 3.05) is 16.9 Å². The highest BCUT2D eigenvalue weighted by atomic mass is 35.5. The van der Waals surface area contributed by atoms with Crippen LogP contribution in [0.25, 0.3) is 17.1 Å². The monoisotopic (exact) mass is 430 g/mol. The summed E-state index contributed by atoms with van der Waals surface area (Å²) in [7, 11) is 0. The van der Waals surface area contributed by atoms with Crippen molar-refractivity contribution in [2.24, 2.45) is 0 Å². The Balaban J connectivity index is 1.46. The number of carbonyl (C=O) groups excluding carboxylic acids is 1. The van der Waals surface area contributed by atoms with Gasteiger partial charge in [-0.1, -0.05) is 23.4 Å². The highest BCUT2D eigenvalue weighted by Crippen LogP contribution is 2.26. The summed E-state index contributed by atoms with van der Waals surface area (Å²) >= 11 is 7.23. The molecule has 3 heterocycles. The SMILES string of the molecule is Cc1occc1-c1nnc(SCC(=O)Nc2cc(Cl)ccc2-n2cncn2)n1N. The number of hydrogen-bond donors (Lipinski definition) is 2. The summed E-state index contributed by atoms with van der Waals surface area (Å²) in [5.74, 6) is 7.02. The maximum Gasteiger partial charge on any atom is 0.234 e. The average molecular weight is 431 g/mol. The number of nitrogens with two attached hydrogens (primary N) is 1. The smallest absolute Gasteiger partial charge is 0.234 e. The number of nitrogens with one attached hydrogen (secondary N) is 1. The lowest BCUT2D eigenvalue weighted by molar-refractivity contribution is -0.113. The number of thioether (sulfide) groups is 1. The number of aromatic nitrogens is 6. The predicted octanol–water partition coefficient (Wildman–Crippen LogP) is 2.53. The van der Waals surface area contributed by atoms with Gasteiger partial charge in [0.15, 0.2) is 5.82 Å². The van der Waals surface area contributed by atoms with Gasteiger partial charge in [0.05, 0.1) is 29.0 Å². The first-order valence-corrected chi connectivity index (χ1v) is 9.71. The molecule has 0 radical (unpaired) electrons. The Kier molecular flexibility index (Phi) is 5.23. The average Bonchev–Trinajstić information content (AvgIpc) is 3.42. The van der Waals surface area contributed by atoms with Crippen LogP contribution in [0.1, 0.15) is 5.76 Å². The van der Waals surface area contributed by atoms with Gasteiger partial charge in [-0.3, -0.25) is 4.79 Å². The van der Waals surface area contributed by atoms with E-state index in [1.807, 2.05) is 6.92 Å². The van der Waals surface area contributed by atoms with E-state index in [1.54, 1.807) is 30.5 Å². The summed E-state index contributed by atoms with van der Waals surface area (Å²) < 4.78 is 8.14. The molecule has 0 atom stereocenters. The molecule has 0 saturated heterocycles. The molecule has 29 heavy (non-hydrogen) atoms. The van der Waals surface area contributed by atoms with Crippen molar-refractivity contribution in [3.8, 4) is 17.1 Å². The van der Waals surface area contributed by atoms with Gasteiger partial charge in [-0.15, -0.1) is 10.2 Å². The Bertz CT molecular complexity index is 1150. The molecule has 148 valence electrons. The molecule has 0 aliphatic rings. The zero-order valence-corrected chi connectivity index (χ0v) is 16.7. The van der Waals surface area contributed by atoms with E-state index in [0.29, 0.717) is 33.1 Å². The van der Waals surface area contributed by atoms with E-state index in [4.69, 9.17) is 21.9 Å². The number of nitrogen functional groups attached to an aromatic ring is 1. The quantitative estimate of drug-likeness (QED) is 0.352. The second kappa shape index (κ2) is 7.97. The van der Waals surface area contributed by atoms with Crippen molar-refractivity contribution >= 4 is 35.0 Å². The number of furan rings is 1. The van der Waals surface area contributed by atoms with Gasteiger partial charge in [0.25, 0.3) is 0 Å². The normalized spacial score (nSPS) is 11.0. The first kappa shape index (κ1) is 19.0. The molecule has 1 amide bonds. The fraction of sp³-hybridized carbons (Fsp3) is 0.118. The minimum atomic E-state index is -0.261. The molecule has 1 aromatic carbocycles. The lowest BCUT2D eigenvalue weighted by Gasteiger charge is -2.11. The molecule has 0 aliphatic heterocycles. The van der Waals surface area contributed by atoms with Gasteiger partial charge in [-0.05, 0) is 31.2 Å². The summed E-state index contributed by atoms with van der Waals surface area (Å²) in [6.45, 7) is 1.81. The van der Waals surface area contributed by atoms with Crippen molar-refractivity contribution in [1.82, 2.24) is 29.6 Å². The number of nitrogens with zero attached hydrogens (tertiary/aromatic N) is 6. The van der Waals surface area contributed by atoms with Crippen LogP contribution in [0.5, 0.6) is 0 Å². The first-order valence-electron chi connectivity index (χ1n) is 8.35. The van der Waals surface area contributed by atoms with Crippen molar-refractivity contribution in [1.29, 1.82) is 0 Å². The van der Waals surface area contributed by atoms with E-state index < -0.39 is 0 Å². The number of benzene rings is 1.